The average molecular weight is 337 g/mol. The summed E-state index contributed by atoms with van der Waals surface area (Å²) in [6, 6.07) is 22.5. The van der Waals surface area contributed by atoms with Crippen molar-refractivity contribution in [1.29, 1.82) is 0 Å². The summed E-state index contributed by atoms with van der Waals surface area (Å²) in [7, 11) is 0. The van der Waals surface area contributed by atoms with Gasteiger partial charge in [0.25, 0.3) is 5.69 Å². The Bertz CT molecular complexity index is 891. The molecule has 0 radical (unpaired) electrons. The fourth-order valence-corrected chi connectivity index (χ4v) is 2.46. The molecule has 3 rings (SSSR count). The molecule has 0 bridgehead atoms. The van der Waals surface area contributed by atoms with Crippen molar-refractivity contribution >= 4 is 29.2 Å². The Labute approximate surface area is 144 Å². The first-order valence-corrected chi connectivity index (χ1v) is 7.65. The standard InChI is InChI=1S/C19H13ClN2O2/c20-18-11-6-14(12-19(18)22(23)24)13-21-17-9-7-16(8-10-17)15-4-2-1-3-5-15/h1-13H. The van der Waals surface area contributed by atoms with Crippen LogP contribution in [-0.2, 0) is 0 Å². The van der Waals surface area contributed by atoms with Crippen molar-refractivity contribution in [1.82, 2.24) is 0 Å². The van der Waals surface area contributed by atoms with Gasteiger partial charge in [0, 0.05) is 12.3 Å². The molecule has 0 fully saturated rings. The molecule has 4 nitrogen and oxygen atoms in total. The zero-order chi connectivity index (χ0) is 16.9. The van der Waals surface area contributed by atoms with Crippen molar-refractivity contribution < 1.29 is 4.92 Å². The van der Waals surface area contributed by atoms with Crippen molar-refractivity contribution in [2.24, 2.45) is 4.99 Å². The van der Waals surface area contributed by atoms with Crippen LogP contribution in [0.15, 0.2) is 77.8 Å². The topological polar surface area (TPSA) is 55.5 Å². The van der Waals surface area contributed by atoms with Gasteiger partial charge in [-0.1, -0.05) is 60.1 Å². The lowest BCUT2D eigenvalue weighted by Gasteiger charge is -2.01. The molecule has 0 aliphatic rings. The first-order chi connectivity index (χ1) is 11.6. The number of nitro benzene ring substituents is 1. The summed E-state index contributed by atoms with van der Waals surface area (Å²) in [4.78, 5) is 14.7. The molecule has 0 aliphatic carbocycles. The quantitative estimate of drug-likeness (QED) is 0.350. The van der Waals surface area contributed by atoms with Crippen LogP contribution in [0, 0.1) is 10.1 Å². The van der Waals surface area contributed by atoms with Crippen LogP contribution in [0.1, 0.15) is 5.56 Å². The maximum atomic E-state index is 10.9. The minimum atomic E-state index is -0.506. The highest BCUT2D eigenvalue weighted by Gasteiger charge is 2.11. The fraction of sp³-hybridized carbons (Fsp3) is 0. The molecule has 5 heteroatoms. The molecule has 3 aromatic rings. The zero-order valence-electron chi connectivity index (χ0n) is 12.6. The number of rotatable bonds is 4. The fourth-order valence-electron chi connectivity index (χ4n) is 2.27. The molecule has 0 heterocycles. The summed E-state index contributed by atoms with van der Waals surface area (Å²) >= 11 is 5.80. The van der Waals surface area contributed by atoms with Crippen LogP contribution in [0.2, 0.25) is 5.02 Å². The number of aliphatic imine (C=N–C) groups is 1. The third-order valence-corrected chi connectivity index (χ3v) is 3.82. The summed E-state index contributed by atoms with van der Waals surface area (Å²) in [6.45, 7) is 0. The Kier molecular flexibility index (Phi) is 4.68. The van der Waals surface area contributed by atoms with E-state index in [4.69, 9.17) is 11.6 Å². The Hall–Kier alpha value is -2.98. The van der Waals surface area contributed by atoms with Gasteiger partial charge in [-0.05, 0) is 34.9 Å². The van der Waals surface area contributed by atoms with E-state index in [0.717, 1.165) is 16.8 Å². The maximum absolute atomic E-state index is 10.9. The zero-order valence-corrected chi connectivity index (χ0v) is 13.4. The van der Waals surface area contributed by atoms with Gasteiger partial charge in [0.2, 0.25) is 0 Å². The molecule has 0 unspecified atom stereocenters. The van der Waals surface area contributed by atoms with E-state index in [1.54, 1.807) is 12.3 Å². The summed E-state index contributed by atoms with van der Waals surface area (Å²) in [5, 5.41) is 11.0. The lowest BCUT2D eigenvalue weighted by atomic mass is 10.1. The number of benzene rings is 3. The molecule has 0 saturated heterocycles. The summed E-state index contributed by atoms with van der Waals surface area (Å²) in [5.41, 5.74) is 3.52. The van der Waals surface area contributed by atoms with E-state index < -0.39 is 4.92 Å². The maximum Gasteiger partial charge on any atom is 0.288 e. The van der Waals surface area contributed by atoms with Gasteiger partial charge >= 0.3 is 0 Å². The number of nitro groups is 1. The molecule has 0 saturated carbocycles. The van der Waals surface area contributed by atoms with Gasteiger partial charge in [-0.3, -0.25) is 15.1 Å². The molecule has 0 aliphatic heterocycles. The van der Waals surface area contributed by atoms with Gasteiger partial charge < -0.3 is 0 Å². The Morgan fingerprint density at radius 3 is 2.25 bits per heavy atom. The van der Waals surface area contributed by atoms with Gasteiger partial charge in [0.15, 0.2) is 0 Å². The highest BCUT2D eigenvalue weighted by atomic mass is 35.5. The second-order valence-corrected chi connectivity index (χ2v) is 5.55. The van der Waals surface area contributed by atoms with E-state index >= 15 is 0 Å². The van der Waals surface area contributed by atoms with Crippen LogP contribution in [-0.4, -0.2) is 11.1 Å². The number of hydrogen-bond donors (Lipinski definition) is 0. The van der Waals surface area contributed by atoms with Crippen LogP contribution < -0.4 is 0 Å². The van der Waals surface area contributed by atoms with E-state index in [-0.39, 0.29) is 10.7 Å². The lowest BCUT2D eigenvalue weighted by Crippen LogP contribution is -1.91. The van der Waals surface area contributed by atoms with Gasteiger partial charge in [-0.2, -0.15) is 0 Å². The van der Waals surface area contributed by atoms with Crippen molar-refractivity contribution in [2.75, 3.05) is 0 Å². The molecule has 0 N–H and O–H groups in total. The summed E-state index contributed by atoms with van der Waals surface area (Å²) in [6.07, 6.45) is 1.58. The predicted octanol–water partition coefficient (Wildman–Crippen LogP) is 5.67. The molecule has 0 atom stereocenters. The first kappa shape index (κ1) is 15.9. The highest BCUT2D eigenvalue weighted by molar-refractivity contribution is 6.32. The average Bonchev–Trinajstić information content (AvgIpc) is 2.62. The molecule has 118 valence electrons. The minimum absolute atomic E-state index is 0.115. The lowest BCUT2D eigenvalue weighted by molar-refractivity contribution is -0.384. The summed E-state index contributed by atoms with van der Waals surface area (Å²) < 4.78 is 0. The minimum Gasteiger partial charge on any atom is -0.258 e. The van der Waals surface area contributed by atoms with Crippen LogP contribution in [0.4, 0.5) is 11.4 Å². The molecule has 0 aromatic heterocycles. The van der Waals surface area contributed by atoms with Gasteiger partial charge in [-0.25, -0.2) is 0 Å². The molecular weight excluding hydrogens is 324 g/mol. The third-order valence-electron chi connectivity index (χ3n) is 3.50. The van der Waals surface area contributed by atoms with E-state index in [2.05, 4.69) is 4.99 Å². The van der Waals surface area contributed by atoms with Gasteiger partial charge in [-0.15, -0.1) is 0 Å². The monoisotopic (exact) mass is 336 g/mol. The Morgan fingerprint density at radius 1 is 0.917 bits per heavy atom. The van der Waals surface area contributed by atoms with Crippen molar-refractivity contribution in [3.63, 3.8) is 0 Å². The van der Waals surface area contributed by atoms with Gasteiger partial charge in [0.1, 0.15) is 5.02 Å². The number of nitrogens with zero attached hydrogens (tertiary/aromatic N) is 2. The van der Waals surface area contributed by atoms with E-state index in [1.807, 2.05) is 54.6 Å². The molecule has 24 heavy (non-hydrogen) atoms. The third kappa shape index (κ3) is 3.67. The molecule has 0 spiro atoms. The molecule has 0 amide bonds. The largest absolute Gasteiger partial charge is 0.288 e. The molecule has 3 aromatic carbocycles. The first-order valence-electron chi connectivity index (χ1n) is 7.27. The van der Waals surface area contributed by atoms with Crippen molar-refractivity contribution in [3.05, 3.63) is 93.5 Å². The van der Waals surface area contributed by atoms with E-state index in [1.165, 1.54) is 12.1 Å². The van der Waals surface area contributed by atoms with Crippen LogP contribution in [0.3, 0.4) is 0 Å². The van der Waals surface area contributed by atoms with E-state index in [0.29, 0.717) is 5.56 Å². The van der Waals surface area contributed by atoms with Crippen LogP contribution in [0.25, 0.3) is 11.1 Å². The second kappa shape index (κ2) is 7.06. The summed E-state index contributed by atoms with van der Waals surface area (Å²) in [5.74, 6) is 0. The Morgan fingerprint density at radius 2 is 1.58 bits per heavy atom. The normalized spacial score (nSPS) is 10.9. The van der Waals surface area contributed by atoms with Crippen LogP contribution in [0.5, 0.6) is 0 Å². The smallest absolute Gasteiger partial charge is 0.258 e. The SMILES string of the molecule is O=[N+]([O-])c1cc(C=Nc2ccc(-c3ccccc3)cc2)ccc1Cl. The van der Waals surface area contributed by atoms with Crippen LogP contribution >= 0.6 is 11.6 Å². The molecular formula is C19H13ClN2O2. The second-order valence-electron chi connectivity index (χ2n) is 5.14. The van der Waals surface area contributed by atoms with E-state index in [9.17, 15) is 10.1 Å². The number of halogens is 1. The highest BCUT2D eigenvalue weighted by Crippen LogP contribution is 2.25. The number of hydrogen-bond acceptors (Lipinski definition) is 3. The van der Waals surface area contributed by atoms with Gasteiger partial charge in [0.05, 0.1) is 10.6 Å². The van der Waals surface area contributed by atoms with Crippen molar-refractivity contribution in [2.45, 2.75) is 0 Å². The predicted molar refractivity (Wildman–Crippen MR) is 97.2 cm³/mol. The van der Waals surface area contributed by atoms with Crippen molar-refractivity contribution in [3.8, 4) is 11.1 Å². The Balaban J connectivity index is 1.80.